The Kier molecular flexibility index (Phi) is 6.18. The fraction of sp³-hybridized carbons (Fsp3) is 0.217. The number of carbonyl (C=O) groups is 1. The van der Waals surface area contributed by atoms with Crippen LogP contribution in [0.5, 0.6) is 5.75 Å². The van der Waals surface area contributed by atoms with Gasteiger partial charge in [-0.15, -0.1) is 0 Å². The van der Waals surface area contributed by atoms with Crippen LogP contribution in [0.25, 0.3) is 11.3 Å². The number of para-hydroxylation sites is 1. The van der Waals surface area contributed by atoms with Crippen LogP contribution in [0.2, 0.25) is 0 Å². The molecule has 1 aromatic carbocycles. The SMILES string of the molecule is COc1c(F)cccc1Nc1c2[nH]c3c1C(=O)NC[C@H]3[I-]OC/C=C/CNc1cnccc1-2. The Bertz CT molecular complexity index is 1230. The molecule has 0 spiro atoms. The van der Waals surface area contributed by atoms with E-state index in [-0.39, 0.29) is 15.6 Å². The number of hydrogen-bond donors (Lipinski definition) is 4. The van der Waals surface area contributed by atoms with E-state index >= 15 is 0 Å². The Hall–Kier alpha value is -3.12. The zero-order valence-corrected chi connectivity index (χ0v) is 19.9. The molecule has 1 amide bonds. The monoisotopic (exact) mass is 562 g/mol. The van der Waals surface area contributed by atoms with Gasteiger partial charge in [0, 0.05) is 0 Å². The molecule has 0 unspecified atom stereocenters. The summed E-state index contributed by atoms with van der Waals surface area (Å²) in [7, 11) is 1.42. The molecule has 0 fully saturated rings. The number of benzene rings is 1. The van der Waals surface area contributed by atoms with Crippen molar-refractivity contribution in [2.45, 2.75) is 3.92 Å². The molecule has 2 aliphatic rings. The number of rotatable bonds is 3. The third-order valence-electron chi connectivity index (χ3n) is 5.44. The van der Waals surface area contributed by atoms with Gasteiger partial charge in [-0.05, 0) is 0 Å². The van der Waals surface area contributed by atoms with Gasteiger partial charge in [0.1, 0.15) is 0 Å². The molecule has 0 aliphatic carbocycles. The Balaban J connectivity index is 1.72. The van der Waals surface area contributed by atoms with Crippen molar-refractivity contribution in [2.75, 3.05) is 37.4 Å². The predicted octanol–water partition coefficient (Wildman–Crippen LogP) is 0.755. The zero-order chi connectivity index (χ0) is 22.8. The number of methoxy groups -OCH3 is 1. The first kappa shape index (κ1) is 21.7. The van der Waals surface area contributed by atoms with Crippen molar-refractivity contribution in [3.05, 3.63) is 65.9 Å². The van der Waals surface area contributed by atoms with Gasteiger partial charge >= 0.3 is 201 Å². The van der Waals surface area contributed by atoms with Crippen LogP contribution in [0.15, 0.2) is 48.8 Å². The Labute approximate surface area is 200 Å². The van der Waals surface area contributed by atoms with Gasteiger partial charge in [0.05, 0.1) is 0 Å². The van der Waals surface area contributed by atoms with E-state index in [1.54, 1.807) is 24.5 Å². The minimum absolute atomic E-state index is 0.0487. The van der Waals surface area contributed by atoms with Crippen LogP contribution in [0, 0.1) is 5.82 Å². The molecular weight excluding hydrogens is 540 g/mol. The number of hydrogen-bond acceptors (Lipinski definition) is 6. The van der Waals surface area contributed by atoms with Gasteiger partial charge in [-0.2, -0.15) is 0 Å². The van der Waals surface area contributed by atoms with E-state index in [0.29, 0.717) is 42.3 Å². The number of amides is 1. The van der Waals surface area contributed by atoms with Crippen LogP contribution in [-0.4, -0.2) is 42.7 Å². The van der Waals surface area contributed by atoms with E-state index in [9.17, 15) is 9.18 Å². The average Bonchev–Trinajstić information content (AvgIpc) is 3.20. The molecule has 8 nitrogen and oxygen atoms in total. The van der Waals surface area contributed by atoms with Gasteiger partial charge in [0.25, 0.3) is 0 Å². The number of pyridine rings is 1. The number of carbonyl (C=O) groups excluding carboxylic acids is 1. The normalized spacial score (nSPS) is 18.7. The molecular formula is C23H22FIN5O3-. The average molecular weight is 562 g/mol. The van der Waals surface area contributed by atoms with Crippen molar-refractivity contribution in [3.8, 4) is 17.0 Å². The number of ether oxygens (including phenoxy) is 1. The van der Waals surface area contributed by atoms with Gasteiger partial charge in [0.15, 0.2) is 0 Å². The number of fused-ring (bicyclic) bond motifs is 3. The molecule has 33 heavy (non-hydrogen) atoms. The Morgan fingerprint density at radius 3 is 3.06 bits per heavy atom. The summed E-state index contributed by atoms with van der Waals surface area (Å²) in [4.78, 5) is 20.8. The number of nitrogens with zero attached hydrogens (tertiary/aromatic N) is 1. The van der Waals surface area contributed by atoms with Gasteiger partial charge in [-0.3, -0.25) is 0 Å². The number of halogens is 2. The van der Waals surface area contributed by atoms with E-state index in [1.807, 2.05) is 18.2 Å². The molecule has 2 aromatic heterocycles. The first-order chi connectivity index (χ1) is 16.2. The molecule has 2 bridgehead atoms. The van der Waals surface area contributed by atoms with Gasteiger partial charge in [-0.1, -0.05) is 0 Å². The number of H-pyrrole nitrogens is 1. The maximum absolute atomic E-state index is 14.4. The van der Waals surface area contributed by atoms with E-state index in [4.69, 9.17) is 7.80 Å². The van der Waals surface area contributed by atoms with Crippen molar-refractivity contribution in [2.24, 2.45) is 0 Å². The van der Waals surface area contributed by atoms with Crippen molar-refractivity contribution >= 4 is 23.0 Å². The van der Waals surface area contributed by atoms with Crippen LogP contribution >= 0.6 is 0 Å². The molecule has 5 rings (SSSR count). The van der Waals surface area contributed by atoms with Crippen molar-refractivity contribution in [1.82, 2.24) is 15.3 Å². The molecule has 4 heterocycles. The van der Waals surface area contributed by atoms with Gasteiger partial charge < -0.3 is 0 Å². The van der Waals surface area contributed by atoms with Crippen LogP contribution in [0.1, 0.15) is 20.0 Å². The van der Waals surface area contributed by atoms with E-state index < -0.39 is 27.4 Å². The van der Waals surface area contributed by atoms with E-state index in [2.05, 4.69) is 25.9 Å². The molecule has 2 aliphatic heterocycles. The standard InChI is InChI=1S/C23H22FIN5O3/c1-32-22-14(24)5-4-6-16(22)29-21-18-20-15(11-28-23(18)31)25-33-10-3-2-8-27-17-12-26-9-7-13(17)19(21)30-20/h2-7,9,12,15,27,29-30H,8,10-11H2,1H3,(H,28,31)/q-1/b3-2+/t15-/m1/s1. The summed E-state index contributed by atoms with van der Waals surface area (Å²) in [6, 6.07) is 6.53. The molecule has 3 aromatic rings. The molecule has 0 radical (unpaired) electrons. The van der Waals surface area contributed by atoms with Crippen LogP contribution in [-0.2, 0) is 3.07 Å². The number of nitrogens with one attached hydrogen (secondary N) is 4. The second kappa shape index (κ2) is 9.40. The summed E-state index contributed by atoms with van der Waals surface area (Å²) in [5.41, 5.74) is 4.68. The number of aromatic nitrogens is 2. The fourth-order valence-corrected chi connectivity index (χ4v) is 5.91. The molecule has 4 N–H and O–H groups in total. The molecule has 1 atom stereocenters. The topological polar surface area (TPSA) is 100 Å². The summed E-state index contributed by atoms with van der Waals surface area (Å²) < 4.78 is 25.7. The van der Waals surface area contributed by atoms with Gasteiger partial charge in [-0.25, -0.2) is 0 Å². The third kappa shape index (κ3) is 4.15. The summed E-state index contributed by atoms with van der Waals surface area (Å²) in [5.74, 6) is -0.606. The molecule has 172 valence electrons. The van der Waals surface area contributed by atoms with Crippen molar-refractivity contribution in [3.63, 3.8) is 0 Å². The number of aromatic amines is 1. The zero-order valence-electron chi connectivity index (χ0n) is 17.7. The Morgan fingerprint density at radius 2 is 2.18 bits per heavy atom. The van der Waals surface area contributed by atoms with E-state index in [0.717, 1.165) is 16.9 Å². The fourth-order valence-electron chi connectivity index (χ4n) is 3.94. The Morgan fingerprint density at radius 1 is 1.27 bits per heavy atom. The maximum atomic E-state index is 14.4. The molecule has 0 saturated carbocycles. The van der Waals surface area contributed by atoms with Crippen LogP contribution in [0.3, 0.4) is 0 Å². The first-order valence-corrected chi connectivity index (χ1v) is 12.5. The quantitative estimate of drug-likeness (QED) is 0.214. The third-order valence-corrected chi connectivity index (χ3v) is 7.84. The predicted molar refractivity (Wildman–Crippen MR) is 119 cm³/mol. The number of anilines is 3. The van der Waals surface area contributed by atoms with E-state index in [1.165, 1.54) is 13.2 Å². The van der Waals surface area contributed by atoms with Crippen molar-refractivity contribution in [1.29, 1.82) is 0 Å². The first-order valence-electron chi connectivity index (χ1n) is 10.4. The molecule has 10 heteroatoms. The molecule has 0 saturated heterocycles. The summed E-state index contributed by atoms with van der Waals surface area (Å²) in [6.07, 6.45) is 7.46. The minimum atomic E-state index is -0.693. The van der Waals surface area contributed by atoms with Crippen LogP contribution in [0.4, 0.5) is 21.5 Å². The van der Waals surface area contributed by atoms with Crippen molar-refractivity contribution < 1.29 is 38.6 Å². The summed E-state index contributed by atoms with van der Waals surface area (Å²) in [6.45, 7) is 1.63. The van der Waals surface area contributed by atoms with Gasteiger partial charge in [0.2, 0.25) is 0 Å². The second-order valence-electron chi connectivity index (χ2n) is 7.43. The number of alkyl halides is 1. The second-order valence-corrected chi connectivity index (χ2v) is 10.1. The summed E-state index contributed by atoms with van der Waals surface area (Å²) in [5, 5.41) is 9.64. The van der Waals surface area contributed by atoms with Crippen LogP contribution < -0.4 is 42.3 Å². The summed E-state index contributed by atoms with van der Waals surface area (Å²) >= 11 is -0.693.